The molecule has 182 valence electrons. The van der Waals surface area contributed by atoms with Gasteiger partial charge in [-0.3, -0.25) is 9.59 Å². The van der Waals surface area contributed by atoms with Crippen LogP contribution in [0.5, 0.6) is 11.5 Å². The van der Waals surface area contributed by atoms with E-state index in [0.717, 1.165) is 22.6 Å². The number of nitrogens with zero attached hydrogens (tertiary/aromatic N) is 2. The first-order valence-electron chi connectivity index (χ1n) is 11.4. The predicted octanol–water partition coefficient (Wildman–Crippen LogP) is 4.37. The average Bonchev–Trinajstić information content (AvgIpc) is 3.08. The van der Waals surface area contributed by atoms with Crippen LogP contribution < -0.4 is 14.8 Å². The highest BCUT2D eigenvalue weighted by Gasteiger charge is 2.20. The highest BCUT2D eigenvalue weighted by atomic mass is 16.5. The van der Waals surface area contributed by atoms with Crippen molar-refractivity contribution >= 4 is 17.7 Å². The number of carbonyl (C=O) groups is 2. The van der Waals surface area contributed by atoms with Crippen molar-refractivity contribution in [2.45, 2.75) is 33.7 Å². The van der Waals surface area contributed by atoms with Gasteiger partial charge in [0.1, 0.15) is 23.4 Å². The molecule has 0 unspecified atom stereocenters. The number of benzene rings is 2. The Morgan fingerprint density at radius 2 is 1.66 bits per heavy atom. The smallest absolute Gasteiger partial charge is 0.309 e. The maximum atomic E-state index is 12.5. The van der Waals surface area contributed by atoms with E-state index in [4.69, 9.17) is 14.2 Å². The molecular formula is C27H29N3O5. The monoisotopic (exact) mass is 475 g/mol. The highest BCUT2D eigenvalue weighted by Crippen LogP contribution is 2.27. The number of nitrogens with one attached hydrogen (secondary N) is 1. The topological polar surface area (TPSA) is 103 Å². The normalized spacial score (nSPS) is 10.3. The Morgan fingerprint density at radius 3 is 2.29 bits per heavy atom. The largest absolute Gasteiger partial charge is 0.494 e. The molecule has 1 heterocycles. The lowest BCUT2D eigenvalue weighted by molar-refractivity contribution is -0.147. The van der Waals surface area contributed by atoms with Crippen molar-refractivity contribution < 1.29 is 23.8 Å². The third-order valence-electron chi connectivity index (χ3n) is 5.46. The summed E-state index contributed by atoms with van der Waals surface area (Å²) in [5, 5.41) is 12.4. The number of ether oxygens (including phenoxy) is 3. The van der Waals surface area contributed by atoms with Crippen molar-refractivity contribution in [1.82, 2.24) is 4.57 Å². The Morgan fingerprint density at radius 1 is 1.00 bits per heavy atom. The van der Waals surface area contributed by atoms with Gasteiger partial charge in [0.05, 0.1) is 25.2 Å². The molecule has 3 aromatic rings. The summed E-state index contributed by atoms with van der Waals surface area (Å²) in [6, 6.07) is 19.0. The molecule has 1 N–H and O–H groups in total. The number of aromatic nitrogens is 1. The van der Waals surface area contributed by atoms with Gasteiger partial charge in [-0.15, -0.1) is 0 Å². The van der Waals surface area contributed by atoms with Crippen LogP contribution >= 0.6 is 0 Å². The number of nitriles is 1. The number of amides is 1. The highest BCUT2D eigenvalue weighted by molar-refractivity contribution is 5.93. The zero-order valence-electron chi connectivity index (χ0n) is 20.2. The Balaban J connectivity index is 1.53. The Bertz CT molecular complexity index is 1190. The lowest BCUT2D eigenvalue weighted by Gasteiger charge is -2.13. The van der Waals surface area contributed by atoms with Crippen molar-refractivity contribution in [3.05, 3.63) is 77.0 Å². The molecule has 0 saturated carbocycles. The van der Waals surface area contributed by atoms with Crippen LogP contribution in [0.25, 0.3) is 0 Å². The molecule has 35 heavy (non-hydrogen) atoms. The molecule has 0 aliphatic heterocycles. The zero-order valence-corrected chi connectivity index (χ0v) is 20.2. The Labute approximate surface area is 205 Å². The minimum absolute atomic E-state index is 0.00740. The fraction of sp³-hybridized carbons (Fsp3) is 0.296. The van der Waals surface area contributed by atoms with E-state index in [9.17, 15) is 14.9 Å². The SMILES string of the molecule is CCOc1ccc(OCCC(=O)OCC(=O)Nc2c(C#N)c(C)c(C)n2Cc2ccccc2)cc1. The molecule has 2 aromatic carbocycles. The number of hydrogen-bond donors (Lipinski definition) is 1. The van der Waals surface area contributed by atoms with Crippen molar-refractivity contribution in [2.24, 2.45) is 0 Å². The van der Waals surface area contributed by atoms with Gasteiger partial charge in [-0.1, -0.05) is 30.3 Å². The quantitative estimate of drug-likeness (QED) is 0.413. The summed E-state index contributed by atoms with van der Waals surface area (Å²) in [4.78, 5) is 24.6. The predicted molar refractivity (Wildman–Crippen MR) is 131 cm³/mol. The van der Waals surface area contributed by atoms with Crippen LogP contribution in [0.15, 0.2) is 54.6 Å². The molecule has 1 amide bonds. The molecule has 0 bridgehead atoms. The van der Waals surface area contributed by atoms with Crippen LogP contribution in [-0.4, -0.2) is 36.3 Å². The molecule has 8 nitrogen and oxygen atoms in total. The van der Waals surface area contributed by atoms with Crippen LogP contribution in [0.3, 0.4) is 0 Å². The minimum Gasteiger partial charge on any atom is -0.494 e. The van der Waals surface area contributed by atoms with Crippen LogP contribution in [0.1, 0.15) is 35.7 Å². The van der Waals surface area contributed by atoms with Crippen LogP contribution in [0, 0.1) is 25.2 Å². The van der Waals surface area contributed by atoms with E-state index in [-0.39, 0.29) is 13.0 Å². The molecule has 0 fully saturated rings. The van der Waals surface area contributed by atoms with Gasteiger partial charge in [0.15, 0.2) is 6.61 Å². The third kappa shape index (κ3) is 6.87. The van der Waals surface area contributed by atoms with Gasteiger partial charge in [-0.05, 0) is 56.2 Å². The second kappa shape index (κ2) is 12.3. The number of carbonyl (C=O) groups excluding carboxylic acids is 2. The zero-order chi connectivity index (χ0) is 25.2. The Hall–Kier alpha value is -4.25. The van der Waals surface area contributed by atoms with Gasteiger partial charge in [-0.2, -0.15) is 5.26 Å². The molecule has 8 heteroatoms. The molecule has 0 aliphatic rings. The number of esters is 1. The van der Waals surface area contributed by atoms with E-state index in [1.165, 1.54) is 0 Å². The first-order chi connectivity index (χ1) is 16.9. The second-order valence-electron chi connectivity index (χ2n) is 7.83. The molecule has 3 rings (SSSR count). The van der Waals surface area contributed by atoms with Crippen LogP contribution in [-0.2, 0) is 20.9 Å². The van der Waals surface area contributed by atoms with E-state index in [1.54, 1.807) is 24.3 Å². The summed E-state index contributed by atoms with van der Waals surface area (Å²) in [5.41, 5.74) is 3.10. The van der Waals surface area contributed by atoms with Crippen molar-refractivity contribution in [3.63, 3.8) is 0 Å². The summed E-state index contributed by atoms with van der Waals surface area (Å²) >= 11 is 0. The first kappa shape index (κ1) is 25.4. The fourth-order valence-electron chi connectivity index (χ4n) is 3.53. The van der Waals surface area contributed by atoms with Gasteiger partial charge in [-0.25, -0.2) is 0 Å². The van der Waals surface area contributed by atoms with Crippen LogP contribution in [0.2, 0.25) is 0 Å². The third-order valence-corrected chi connectivity index (χ3v) is 5.46. The summed E-state index contributed by atoms with van der Waals surface area (Å²) in [5.74, 6) is 0.664. The second-order valence-corrected chi connectivity index (χ2v) is 7.83. The summed E-state index contributed by atoms with van der Waals surface area (Å²) in [7, 11) is 0. The summed E-state index contributed by atoms with van der Waals surface area (Å²) in [6.45, 7) is 6.38. The number of rotatable bonds is 11. The average molecular weight is 476 g/mol. The van der Waals surface area contributed by atoms with E-state index in [1.807, 2.05) is 55.7 Å². The maximum absolute atomic E-state index is 12.5. The van der Waals surface area contributed by atoms with E-state index in [2.05, 4.69) is 11.4 Å². The van der Waals surface area contributed by atoms with Crippen molar-refractivity contribution in [1.29, 1.82) is 5.26 Å². The standard InChI is InChI=1S/C27H29N3O5/c1-4-33-22-10-12-23(13-11-22)34-15-14-26(32)35-18-25(31)29-27-24(16-28)19(2)20(3)30(27)17-21-8-6-5-7-9-21/h5-13H,4,14-15,17-18H2,1-3H3,(H,29,31). The van der Waals surface area contributed by atoms with Gasteiger partial charge in [0.2, 0.25) is 0 Å². The molecule has 0 aliphatic carbocycles. The maximum Gasteiger partial charge on any atom is 0.309 e. The lowest BCUT2D eigenvalue weighted by atomic mass is 10.2. The van der Waals surface area contributed by atoms with E-state index in [0.29, 0.717) is 30.3 Å². The van der Waals surface area contributed by atoms with E-state index >= 15 is 0 Å². The minimum atomic E-state index is -0.557. The fourth-order valence-corrected chi connectivity index (χ4v) is 3.53. The molecule has 0 radical (unpaired) electrons. The molecular weight excluding hydrogens is 446 g/mol. The van der Waals surface area contributed by atoms with Crippen molar-refractivity contribution in [2.75, 3.05) is 25.1 Å². The number of anilines is 1. The summed E-state index contributed by atoms with van der Waals surface area (Å²) in [6.07, 6.45) is -0.00740. The summed E-state index contributed by atoms with van der Waals surface area (Å²) < 4.78 is 17.9. The van der Waals surface area contributed by atoms with Gasteiger partial charge in [0, 0.05) is 12.2 Å². The van der Waals surface area contributed by atoms with Crippen molar-refractivity contribution in [3.8, 4) is 17.6 Å². The molecule has 0 atom stereocenters. The molecule has 1 aromatic heterocycles. The van der Waals surface area contributed by atoms with Crippen LogP contribution in [0.4, 0.5) is 5.82 Å². The van der Waals surface area contributed by atoms with Gasteiger partial charge < -0.3 is 24.1 Å². The number of hydrogen-bond acceptors (Lipinski definition) is 6. The lowest BCUT2D eigenvalue weighted by Crippen LogP contribution is -2.23. The van der Waals surface area contributed by atoms with E-state index < -0.39 is 18.5 Å². The van der Waals surface area contributed by atoms with Gasteiger partial charge in [0.25, 0.3) is 5.91 Å². The Kier molecular flexibility index (Phi) is 8.90. The molecule has 0 spiro atoms. The first-order valence-corrected chi connectivity index (χ1v) is 11.4. The molecule has 0 saturated heterocycles. The van der Waals surface area contributed by atoms with Gasteiger partial charge >= 0.3 is 5.97 Å².